The number of hydrogen-bond donors (Lipinski definition) is 2. The second-order valence-electron chi connectivity index (χ2n) is 5.08. The van der Waals surface area contributed by atoms with Crippen molar-refractivity contribution in [2.75, 3.05) is 0 Å². The largest absolute Gasteiger partial charge is 0.508 e. The van der Waals surface area contributed by atoms with Crippen molar-refractivity contribution >= 4 is 0 Å². The molecule has 3 rings (SSSR count). The Bertz CT molecular complexity index is 663. The monoisotopic (exact) mass is 292 g/mol. The van der Waals surface area contributed by atoms with Crippen LogP contribution in [0.3, 0.4) is 0 Å². The van der Waals surface area contributed by atoms with Gasteiger partial charge in [-0.05, 0) is 66.1 Å². The van der Waals surface area contributed by atoms with Crippen molar-refractivity contribution in [2.45, 2.75) is 6.42 Å². The highest BCUT2D eigenvalue weighted by atomic mass is 16.5. The molecule has 0 aliphatic carbocycles. The van der Waals surface area contributed by atoms with Crippen molar-refractivity contribution in [1.82, 2.24) is 0 Å². The second kappa shape index (κ2) is 6.22. The normalized spacial score (nSPS) is 10.4. The molecule has 22 heavy (non-hydrogen) atoms. The van der Waals surface area contributed by atoms with Crippen molar-refractivity contribution in [1.29, 1.82) is 0 Å². The zero-order chi connectivity index (χ0) is 15.4. The first-order valence-corrected chi connectivity index (χ1v) is 7.03. The van der Waals surface area contributed by atoms with Crippen LogP contribution in [0.25, 0.3) is 0 Å². The number of ether oxygens (including phenoxy) is 1. The molecular formula is C19H16O3. The van der Waals surface area contributed by atoms with Crippen LogP contribution in [0.2, 0.25) is 0 Å². The van der Waals surface area contributed by atoms with Crippen LogP contribution >= 0.6 is 0 Å². The van der Waals surface area contributed by atoms with Crippen molar-refractivity contribution < 1.29 is 14.9 Å². The topological polar surface area (TPSA) is 49.7 Å². The van der Waals surface area contributed by atoms with E-state index >= 15 is 0 Å². The standard InChI is InChI=1S/C19H16O3/c20-16-5-1-14(2-6-16)13-15-3-9-18(10-4-15)22-19-11-7-17(21)8-12-19/h1-12,20-21H,13H2. The average Bonchev–Trinajstić information content (AvgIpc) is 2.54. The van der Waals surface area contributed by atoms with E-state index in [0.717, 1.165) is 17.7 Å². The molecule has 0 unspecified atom stereocenters. The lowest BCUT2D eigenvalue weighted by Crippen LogP contribution is -1.89. The summed E-state index contributed by atoms with van der Waals surface area (Å²) in [6.45, 7) is 0. The van der Waals surface area contributed by atoms with E-state index in [1.165, 1.54) is 5.56 Å². The Morgan fingerprint density at radius 2 is 0.909 bits per heavy atom. The lowest BCUT2D eigenvalue weighted by Gasteiger charge is -2.07. The van der Waals surface area contributed by atoms with E-state index in [0.29, 0.717) is 5.75 Å². The van der Waals surface area contributed by atoms with Crippen LogP contribution in [-0.4, -0.2) is 10.2 Å². The van der Waals surface area contributed by atoms with Gasteiger partial charge < -0.3 is 14.9 Å². The molecule has 3 aromatic rings. The van der Waals surface area contributed by atoms with Crippen LogP contribution in [0.5, 0.6) is 23.0 Å². The zero-order valence-corrected chi connectivity index (χ0v) is 11.9. The van der Waals surface area contributed by atoms with Gasteiger partial charge in [-0.3, -0.25) is 0 Å². The van der Waals surface area contributed by atoms with Gasteiger partial charge in [0.05, 0.1) is 0 Å². The molecule has 3 aromatic carbocycles. The van der Waals surface area contributed by atoms with E-state index in [9.17, 15) is 10.2 Å². The minimum atomic E-state index is 0.219. The molecule has 3 heteroatoms. The number of rotatable bonds is 4. The van der Waals surface area contributed by atoms with Crippen LogP contribution in [-0.2, 0) is 6.42 Å². The van der Waals surface area contributed by atoms with Crippen molar-refractivity contribution in [3.8, 4) is 23.0 Å². The molecule has 0 atom stereocenters. The maximum atomic E-state index is 9.28. The van der Waals surface area contributed by atoms with E-state index in [1.54, 1.807) is 36.4 Å². The number of phenols is 2. The quantitative estimate of drug-likeness (QED) is 0.745. The SMILES string of the molecule is Oc1ccc(Cc2ccc(Oc3ccc(O)cc3)cc2)cc1. The summed E-state index contributed by atoms with van der Waals surface area (Å²) < 4.78 is 5.71. The molecule has 0 saturated carbocycles. The molecule has 0 aliphatic rings. The first-order chi connectivity index (χ1) is 10.7. The summed E-state index contributed by atoms with van der Waals surface area (Å²) in [7, 11) is 0. The third-order valence-corrected chi connectivity index (χ3v) is 3.34. The smallest absolute Gasteiger partial charge is 0.127 e. The van der Waals surface area contributed by atoms with Crippen LogP contribution < -0.4 is 4.74 Å². The van der Waals surface area contributed by atoms with E-state index in [1.807, 2.05) is 36.4 Å². The van der Waals surface area contributed by atoms with Gasteiger partial charge in [0, 0.05) is 0 Å². The van der Waals surface area contributed by atoms with E-state index in [4.69, 9.17) is 4.74 Å². The summed E-state index contributed by atoms with van der Waals surface area (Å²) in [5.41, 5.74) is 2.31. The van der Waals surface area contributed by atoms with Gasteiger partial charge in [0.2, 0.25) is 0 Å². The molecule has 110 valence electrons. The van der Waals surface area contributed by atoms with Crippen molar-refractivity contribution in [2.24, 2.45) is 0 Å². The first-order valence-electron chi connectivity index (χ1n) is 7.03. The summed E-state index contributed by atoms with van der Waals surface area (Å²) in [6.07, 6.45) is 0.805. The van der Waals surface area contributed by atoms with Gasteiger partial charge in [0.15, 0.2) is 0 Å². The molecule has 0 amide bonds. The van der Waals surface area contributed by atoms with Crippen molar-refractivity contribution in [3.63, 3.8) is 0 Å². The minimum Gasteiger partial charge on any atom is -0.508 e. The highest BCUT2D eigenvalue weighted by Gasteiger charge is 2.00. The second-order valence-corrected chi connectivity index (χ2v) is 5.08. The molecule has 2 N–H and O–H groups in total. The Morgan fingerprint density at radius 3 is 1.41 bits per heavy atom. The number of aromatic hydroxyl groups is 2. The lowest BCUT2D eigenvalue weighted by atomic mass is 10.0. The fraction of sp³-hybridized carbons (Fsp3) is 0.0526. The fourth-order valence-corrected chi connectivity index (χ4v) is 2.18. The lowest BCUT2D eigenvalue weighted by molar-refractivity contribution is 0.464. The van der Waals surface area contributed by atoms with E-state index < -0.39 is 0 Å². The van der Waals surface area contributed by atoms with Gasteiger partial charge in [-0.2, -0.15) is 0 Å². The van der Waals surface area contributed by atoms with Gasteiger partial charge in [-0.25, -0.2) is 0 Å². The Morgan fingerprint density at radius 1 is 0.545 bits per heavy atom. The van der Waals surface area contributed by atoms with Crippen LogP contribution in [0.15, 0.2) is 72.8 Å². The van der Waals surface area contributed by atoms with E-state index in [2.05, 4.69) is 0 Å². The predicted octanol–water partition coefficient (Wildman–Crippen LogP) is 4.48. The fourth-order valence-electron chi connectivity index (χ4n) is 2.18. The highest BCUT2D eigenvalue weighted by molar-refractivity contribution is 5.37. The predicted molar refractivity (Wildman–Crippen MR) is 85.5 cm³/mol. The van der Waals surface area contributed by atoms with Gasteiger partial charge >= 0.3 is 0 Å². The molecule has 0 aliphatic heterocycles. The summed E-state index contributed by atoms with van der Waals surface area (Å²) in [4.78, 5) is 0. The molecular weight excluding hydrogens is 276 g/mol. The van der Waals surface area contributed by atoms with Gasteiger partial charge in [-0.15, -0.1) is 0 Å². The maximum Gasteiger partial charge on any atom is 0.127 e. The van der Waals surface area contributed by atoms with E-state index in [-0.39, 0.29) is 11.5 Å². The number of hydrogen-bond acceptors (Lipinski definition) is 3. The summed E-state index contributed by atoms with van der Waals surface area (Å²) in [5, 5.41) is 18.5. The molecule has 0 saturated heterocycles. The molecule has 0 fully saturated rings. The Balaban J connectivity index is 1.67. The molecule has 0 heterocycles. The molecule has 0 spiro atoms. The minimum absolute atomic E-state index is 0.219. The molecule has 0 aromatic heterocycles. The van der Waals surface area contributed by atoms with Gasteiger partial charge in [0.1, 0.15) is 23.0 Å². The summed E-state index contributed by atoms with van der Waals surface area (Å²) in [5.74, 6) is 1.93. The first kappa shape index (κ1) is 14.0. The molecule has 3 nitrogen and oxygen atoms in total. The summed E-state index contributed by atoms with van der Waals surface area (Å²) in [6, 6.07) is 21.7. The zero-order valence-electron chi connectivity index (χ0n) is 11.9. The van der Waals surface area contributed by atoms with Gasteiger partial charge in [0.25, 0.3) is 0 Å². The number of benzene rings is 3. The third kappa shape index (κ3) is 3.58. The Kier molecular flexibility index (Phi) is 3.97. The number of phenolic OH excluding ortho intramolecular Hbond substituents is 2. The van der Waals surface area contributed by atoms with Gasteiger partial charge in [-0.1, -0.05) is 24.3 Å². The molecule has 0 radical (unpaired) electrons. The average molecular weight is 292 g/mol. The maximum absolute atomic E-state index is 9.28. The van der Waals surface area contributed by atoms with Crippen LogP contribution in [0, 0.1) is 0 Å². The van der Waals surface area contributed by atoms with Crippen molar-refractivity contribution in [3.05, 3.63) is 83.9 Å². The highest BCUT2D eigenvalue weighted by Crippen LogP contribution is 2.24. The van der Waals surface area contributed by atoms with Crippen LogP contribution in [0.4, 0.5) is 0 Å². The molecule has 0 bridgehead atoms. The Hall–Kier alpha value is -2.94. The third-order valence-electron chi connectivity index (χ3n) is 3.34. The summed E-state index contributed by atoms with van der Waals surface area (Å²) >= 11 is 0. The van der Waals surface area contributed by atoms with Crippen LogP contribution in [0.1, 0.15) is 11.1 Å². The Labute approximate surface area is 129 Å².